The third-order valence-corrected chi connectivity index (χ3v) is 4.55. The van der Waals surface area contributed by atoms with Gasteiger partial charge in [-0.1, -0.05) is 0 Å². The van der Waals surface area contributed by atoms with Crippen molar-refractivity contribution in [1.82, 2.24) is 4.90 Å². The summed E-state index contributed by atoms with van der Waals surface area (Å²) in [5.41, 5.74) is 2.23. The molecule has 1 aliphatic rings. The number of nitrogens with one attached hydrogen (secondary N) is 2. The smallest absolute Gasteiger partial charge is 0.314 e. The topological polar surface area (TPSA) is 73.9 Å². The van der Waals surface area contributed by atoms with E-state index in [2.05, 4.69) is 27.5 Å². The molecule has 27 heavy (non-hydrogen) atoms. The number of carbonyl (C=O) groups excluding carboxylic acids is 2. The lowest BCUT2D eigenvalue weighted by atomic mass is 10.2. The van der Waals surface area contributed by atoms with Crippen LogP contribution >= 0.6 is 0 Å². The molecular formula is C20H24N4O3. The fourth-order valence-electron chi connectivity index (χ4n) is 2.87. The number of amides is 2. The van der Waals surface area contributed by atoms with Crippen LogP contribution in [-0.4, -0.2) is 57.1 Å². The summed E-state index contributed by atoms with van der Waals surface area (Å²) in [6.07, 6.45) is 0. The maximum absolute atomic E-state index is 12.1. The van der Waals surface area contributed by atoms with E-state index in [1.165, 1.54) is 0 Å². The number of anilines is 3. The number of likely N-dealkylation sites (N-methyl/N-ethyl adjacent to an activating group) is 1. The molecule has 2 amide bonds. The van der Waals surface area contributed by atoms with Gasteiger partial charge >= 0.3 is 11.8 Å². The number of rotatable bonds is 4. The summed E-state index contributed by atoms with van der Waals surface area (Å²) in [6.45, 7) is 4.02. The highest BCUT2D eigenvalue weighted by Crippen LogP contribution is 2.19. The molecule has 7 nitrogen and oxygen atoms in total. The SMILES string of the molecule is COc1ccc(NC(=O)C(=O)Nc2ccc(N3CCN(C)CC3)cc2)cc1. The molecule has 3 rings (SSSR count). The molecule has 1 heterocycles. The van der Waals surface area contributed by atoms with E-state index < -0.39 is 11.8 Å². The number of carbonyl (C=O) groups is 2. The standard InChI is InChI=1S/C20H24N4O3/c1-23-11-13-24(14-12-23)17-7-3-15(4-8-17)21-19(25)20(26)22-16-5-9-18(27-2)10-6-16/h3-10H,11-14H2,1-2H3,(H,21,25)(H,22,26). The Kier molecular flexibility index (Phi) is 5.93. The Bertz CT molecular complexity index is 782. The lowest BCUT2D eigenvalue weighted by Gasteiger charge is -2.34. The summed E-state index contributed by atoms with van der Waals surface area (Å²) in [6, 6.07) is 14.3. The highest BCUT2D eigenvalue weighted by atomic mass is 16.5. The van der Waals surface area contributed by atoms with Gasteiger partial charge in [-0.25, -0.2) is 0 Å². The minimum atomic E-state index is -0.719. The van der Waals surface area contributed by atoms with Crippen molar-refractivity contribution in [1.29, 1.82) is 0 Å². The molecule has 0 spiro atoms. The molecule has 142 valence electrons. The normalized spacial score (nSPS) is 14.5. The second-order valence-electron chi connectivity index (χ2n) is 6.47. The van der Waals surface area contributed by atoms with Crippen LogP contribution in [0.3, 0.4) is 0 Å². The maximum atomic E-state index is 12.1. The van der Waals surface area contributed by atoms with Gasteiger partial charge in [0.1, 0.15) is 5.75 Å². The van der Waals surface area contributed by atoms with E-state index in [-0.39, 0.29) is 0 Å². The fourth-order valence-corrected chi connectivity index (χ4v) is 2.87. The van der Waals surface area contributed by atoms with Crippen molar-refractivity contribution in [2.24, 2.45) is 0 Å². The zero-order valence-electron chi connectivity index (χ0n) is 15.6. The van der Waals surface area contributed by atoms with Crippen LogP contribution in [0.25, 0.3) is 0 Å². The predicted molar refractivity (Wildman–Crippen MR) is 106 cm³/mol. The molecule has 0 aliphatic carbocycles. The molecule has 0 atom stereocenters. The van der Waals surface area contributed by atoms with Gasteiger partial charge in [0.25, 0.3) is 0 Å². The molecule has 0 saturated carbocycles. The molecule has 7 heteroatoms. The third-order valence-electron chi connectivity index (χ3n) is 4.55. The Morgan fingerprint density at radius 3 is 1.78 bits per heavy atom. The van der Waals surface area contributed by atoms with Gasteiger partial charge in [-0.15, -0.1) is 0 Å². The van der Waals surface area contributed by atoms with Crippen LogP contribution in [0.5, 0.6) is 5.75 Å². The zero-order valence-corrected chi connectivity index (χ0v) is 15.6. The Hall–Kier alpha value is -3.06. The van der Waals surface area contributed by atoms with E-state index in [0.29, 0.717) is 17.1 Å². The lowest BCUT2D eigenvalue weighted by Crippen LogP contribution is -2.44. The van der Waals surface area contributed by atoms with Crippen LogP contribution < -0.4 is 20.3 Å². The third kappa shape index (κ3) is 4.98. The molecule has 0 radical (unpaired) electrons. The highest BCUT2D eigenvalue weighted by molar-refractivity contribution is 6.43. The van der Waals surface area contributed by atoms with Crippen molar-refractivity contribution >= 4 is 28.9 Å². The zero-order chi connectivity index (χ0) is 19.2. The number of hydrogen-bond donors (Lipinski definition) is 2. The van der Waals surface area contributed by atoms with Crippen molar-refractivity contribution in [2.45, 2.75) is 0 Å². The van der Waals surface area contributed by atoms with Crippen molar-refractivity contribution in [3.63, 3.8) is 0 Å². The monoisotopic (exact) mass is 368 g/mol. The number of benzene rings is 2. The number of hydrogen-bond acceptors (Lipinski definition) is 5. The largest absolute Gasteiger partial charge is 0.497 e. The molecule has 1 saturated heterocycles. The second kappa shape index (κ2) is 8.55. The highest BCUT2D eigenvalue weighted by Gasteiger charge is 2.16. The molecule has 1 aliphatic heterocycles. The first-order valence-corrected chi connectivity index (χ1v) is 8.85. The van der Waals surface area contributed by atoms with Crippen LogP contribution in [0.2, 0.25) is 0 Å². The van der Waals surface area contributed by atoms with E-state index in [1.807, 2.05) is 24.3 Å². The molecule has 2 aromatic rings. The molecule has 0 bridgehead atoms. The van der Waals surface area contributed by atoms with Crippen molar-refractivity contribution < 1.29 is 14.3 Å². The molecule has 2 aromatic carbocycles. The van der Waals surface area contributed by atoms with Crippen LogP contribution in [-0.2, 0) is 9.59 Å². The minimum Gasteiger partial charge on any atom is -0.497 e. The van der Waals surface area contributed by atoms with Crippen LogP contribution in [0.1, 0.15) is 0 Å². The van der Waals surface area contributed by atoms with Crippen molar-refractivity contribution in [3.05, 3.63) is 48.5 Å². The van der Waals surface area contributed by atoms with Gasteiger partial charge < -0.3 is 25.2 Å². The summed E-state index contributed by atoms with van der Waals surface area (Å²) in [5, 5.41) is 5.18. The van der Waals surface area contributed by atoms with E-state index in [1.54, 1.807) is 31.4 Å². The Morgan fingerprint density at radius 2 is 1.30 bits per heavy atom. The van der Waals surface area contributed by atoms with Gasteiger partial charge in [0.05, 0.1) is 7.11 Å². The Labute approximate surface area is 158 Å². The van der Waals surface area contributed by atoms with E-state index in [4.69, 9.17) is 4.74 Å². The quantitative estimate of drug-likeness (QED) is 0.808. The maximum Gasteiger partial charge on any atom is 0.314 e. The van der Waals surface area contributed by atoms with Crippen LogP contribution in [0.4, 0.5) is 17.1 Å². The number of nitrogens with zero attached hydrogens (tertiary/aromatic N) is 2. The van der Waals surface area contributed by atoms with Gasteiger partial charge in [0.15, 0.2) is 0 Å². The minimum absolute atomic E-state index is 0.529. The van der Waals surface area contributed by atoms with E-state index in [0.717, 1.165) is 31.9 Å². The second-order valence-corrected chi connectivity index (χ2v) is 6.47. The van der Waals surface area contributed by atoms with Crippen LogP contribution in [0, 0.1) is 0 Å². The van der Waals surface area contributed by atoms with Gasteiger partial charge in [-0.05, 0) is 55.6 Å². The van der Waals surface area contributed by atoms with E-state index >= 15 is 0 Å². The van der Waals surface area contributed by atoms with Gasteiger partial charge in [-0.2, -0.15) is 0 Å². The summed E-state index contributed by atoms with van der Waals surface area (Å²) >= 11 is 0. The van der Waals surface area contributed by atoms with Gasteiger partial charge in [0, 0.05) is 43.2 Å². The molecule has 0 unspecified atom stereocenters. The summed E-state index contributed by atoms with van der Waals surface area (Å²) in [5.74, 6) is -0.751. The number of ether oxygens (including phenoxy) is 1. The first-order valence-electron chi connectivity index (χ1n) is 8.85. The molecule has 1 fully saturated rings. The fraction of sp³-hybridized carbons (Fsp3) is 0.300. The Morgan fingerprint density at radius 1 is 0.815 bits per heavy atom. The first kappa shape index (κ1) is 18.7. The first-order chi connectivity index (χ1) is 13.0. The van der Waals surface area contributed by atoms with Crippen molar-refractivity contribution in [2.75, 3.05) is 55.9 Å². The number of piperazine rings is 1. The average molecular weight is 368 g/mol. The van der Waals surface area contributed by atoms with Crippen molar-refractivity contribution in [3.8, 4) is 5.75 Å². The average Bonchev–Trinajstić information content (AvgIpc) is 2.70. The summed E-state index contributed by atoms with van der Waals surface area (Å²) in [7, 11) is 3.68. The lowest BCUT2D eigenvalue weighted by molar-refractivity contribution is -0.132. The number of methoxy groups -OCH3 is 1. The van der Waals surface area contributed by atoms with E-state index in [9.17, 15) is 9.59 Å². The molecule has 2 N–H and O–H groups in total. The summed E-state index contributed by atoms with van der Waals surface area (Å²) < 4.78 is 5.06. The van der Waals surface area contributed by atoms with Crippen LogP contribution in [0.15, 0.2) is 48.5 Å². The Balaban J connectivity index is 1.54. The molecule has 0 aromatic heterocycles. The van der Waals surface area contributed by atoms with Gasteiger partial charge in [0.2, 0.25) is 0 Å². The summed E-state index contributed by atoms with van der Waals surface area (Å²) in [4.78, 5) is 28.8. The molecular weight excluding hydrogens is 344 g/mol. The van der Waals surface area contributed by atoms with Gasteiger partial charge in [-0.3, -0.25) is 9.59 Å². The predicted octanol–water partition coefficient (Wildman–Crippen LogP) is 2.02.